The van der Waals surface area contributed by atoms with Crippen molar-refractivity contribution in [3.63, 3.8) is 0 Å². The Morgan fingerprint density at radius 1 is 0.722 bits per heavy atom. The van der Waals surface area contributed by atoms with Crippen molar-refractivity contribution in [2.45, 2.75) is 32.5 Å². The SMILES string of the molecule is CN(CCOCCOCCOCCOCCC(=O)N1CCc2cc(Cn3nc(-c4cnc5oc(N)nc5c4)c4c(N)ncnc43)ccc2C1)C(=O)c1cnc(N2CCN(c3ncc(CN)cn3)CC2)nc1N. The summed E-state index contributed by atoms with van der Waals surface area (Å²) in [6, 6.07) is 8.11. The third kappa shape index (κ3) is 11.7. The van der Waals surface area contributed by atoms with E-state index < -0.39 is 0 Å². The van der Waals surface area contributed by atoms with E-state index in [1.807, 2.05) is 15.9 Å². The number of carbonyl (C=O) groups is 2. The van der Waals surface area contributed by atoms with Crippen LogP contribution in [0.3, 0.4) is 0 Å². The number of anilines is 5. The first-order chi connectivity index (χ1) is 35.1. The van der Waals surface area contributed by atoms with Crippen LogP contribution in [0, 0.1) is 0 Å². The Morgan fingerprint density at radius 2 is 1.42 bits per heavy atom. The number of pyridine rings is 1. The lowest BCUT2D eigenvalue weighted by Crippen LogP contribution is -2.47. The van der Waals surface area contributed by atoms with Gasteiger partial charge >= 0.3 is 0 Å². The van der Waals surface area contributed by atoms with Crippen molar-refractivity contribution in [2.75, 3.05) is 126 Å². The van der Waals surface area contributed by atoms with E-state index in [0.29, 0.717) is 163 Å². The molecule has 0 radical (unpaired) electrons. The first-order valence-corrected chi connectivity index (χ1v) is 23.7. The van der Waals surface area contributed by atoms with Gasteiger partial charge in [-0.3, -0.25) is 9.59 Å². The quantitative estimate of drug-likeness (QED) is 0.0696. The molecule has 9 rings (SSSR count). The molecule has 0 aliphatic carbocycles. The number of nitrogens with two attached hydrogens (primary N) is 4. The molecular weight excluding hydrogens is 929 g/mol. The number of oxazole rings is 1. The second-order valence-electron chi connectivity index (χ2n) is 17.2. The van der Waals surface area contributed by atoms with Gasteiger partial charge in [-0.1, -0.05) is 18.2 Å². The predicted molar refractivity (Wildman–Crippen MR) is 265 cm³/mol. The number of carbonyl (C=O) groups excluding carboxylic acids is 2. The normalized spacial score (nSPS) is 13.8. The molecule has 2 aliphatic heterocycles. The van der Waals surface area contributed by atoms with E-state index in [2.05, 4.69) is 56.9 Å². The molecule has 0 unspecified atom stereocenters. The van der Waals surface area contributed by atoms with Crippen LogP contribution in [-0.4, -0.2) is 170 Å². The van der Waals surface area contributed by atoms with Gasteiger partial charge in [0.05, 0.1) is 71.2 Å². The van der Waals surface area contributed by atoms with E-state index in [4.69, 9.17) is 51.4 Å². The molecule has 378 valence electrons. The second-order valence-corrected chi connectivity index (χ2v) is 17.2. The van der Waals surface area contributed by atoms with Gasteiger partial charge in [0.2, 0.25) is 23.5 Å². The molecule has 72 heavy (non-hydrogen) atoms. The Balaban J connectivity index is 0.607. The predicted octanol–water partition coefficient (Wildman–Crippen LogP) is 1.30. The molecule has 2 amide bonds. The molecule has 1 fully saturated rings. The van der Waals surface area contributed by atoms with E-state index >= 15 is 0 Å². The van der Waals surface area contributed by atoms with Gasteiger partial charge in [-0.15, -0.1) is 0 Å². The minimum absolute atomic E-state index is 0.0300. The Labute approximate surface area is 413 Å². The largest absolute Gasteiger partial charge is 0.405 e. The van der Waals surface area contributed by atoms with Gasteiger partial charge in [0.1, 0.15) is 34.7 Å². The van der Waals surface area contributed by atoms with Crippen LogP contribution in [0.4, 0.5) is 29.5 Å². The number of nitrogen functional groups attached to an aromatic ring is 3. The van der Waals surface area contributed by atoms with Crippen LogP contribution in [0.15, 0.2) is 59.8 Å². The zero-order valence-electron chi connectivity index (χ0n) is 40.1. The average molecular weight is 987 g/mol. The fourth-order valence-corrected chi connectivity index (χ4v) is 8.42. The number of ether oxygens (including phenoxy) is 4. The third-order valence-electron chi connectivity index (χ3n) is 12.4. The summed E-state index contributed by atoms with van der Waals surface area (Å²) in [5, 5.41) is 5.50. The lowest BCUT2D eigenvalue weighted by molar-refractivity contribution is -0.133. The van der Waals surface area contributed by atoms with Crippen LogP contribution in [0.1, 0.15) is 39.0 Å². The number of hydrogen-bond donors (Lipinski definition) is 4. The molecule has 2 aliphatic rings. The summed E-state index contributed by atoms with van der Waals surface area (Å²) >= 11 is 0. The van der Waals surface area contributed by atoms with Crippen LogP contribution in [0.2, 0.25) is 0 Å². The molecule has 8 heterocycles. The minimum Gasteiger partial charge on any atom is -0.405 e. The summed E-state index contributed by atoms with van der Waals surface area (Å²) in [5.74, 6) is 1.31. The third-order valence-corrected chi connectivity index (χ3v) is 12.4. The highest BCUT2D eigenvalue weighted by Crippen LogP contribution is 2.32. The van der Waals surface area contributed by atoms with Crippen LogP contribution in [0.25, 0.3) is 33.5 Å². The molecular formula is C47H58N18O7. The van der Waals surface area contributed by atoms with Crippen molar-refractivity contribution in [3.05, 3.63) is 83.2 Å². The number of piperazine rings is 1. The molecule has 0 atom stereocenters. The molecule has 0 saturated carbocycles. The van der Waals surface area contributed by atoms with Crippen LogP contribution in [0.5, 0.6) is 0 Å². The van der Waals surface area contributed by atoms with Gasteiger partial charge in [-0.2, -0.15) is 15.1 Å². The maximum atomic E-state index is 13.1. The minimum atomic E-state index is -0.291. The summed E-state index contributed by atoms with van der Waals surface area (Å²) in [5.41, 5.74) is 31.1. The van der Waals surface area contributed by atoms with E-state index in [9.17, 15) is 9.59 Å². The van der Waals surface area contributed by atoms with Crippen molar-refractivity contribution in [1.29, 1.82) is 0 Å². The number of aromatic nitrogens is 10. The van der Waals surface area contributed by atoms with E-state index in [1.165, 1.54) is 23.0 Å². The number of fused-ring (bicyclic) bond motifs is 3. The topological polar surface area (TPSA) is 322 Å². The number of benzene rings is 1. The highest BCUT2D eigenvalue weighted by atomic mass is 16.6. The molecule has 7 aromatic rings. The first kappa shape index (κ1) is 49.3. The van der Waals surface area contributed by atoms with Crippen molar-refractivity contribution in [3.8, 4) is 11.3 Å². The van der Waals surface area contributed by atoms with E-state index in [-0.39, 0.29) is 35.6 Å². The number of amides is 2. The summed E-state index contributed by atoms with van der Waals surface area (Å²) in [6.45, 7) is 7.90. The van der Waals surface area contributed by atoms with Crippen LogP contribution < -0.4 is 32.7 Å². The summed E-state index contributed by atoms with van der Waals surface area (Å²) < 4.78 is 29.7. The number of hydrogen-bond acceptors (Lipinski definition) is 22. The van der Waals surface area contributed by atoms with Gasteiger partial charge in [0, 0.05) is 95.3 Å². The lowest BCUT2D eigenvalue weighted by Gasteiger charge is -2.34. The maximum Gasteiger partial charge on any atom is 0.294 e. The van der Waals surface area contributed by atoms with Crippen LogP contribution in [-0.2, 0) is 49.8 Å². The van der Waals surface area contributed by atoms with Crippen molar-refractivity contribution < 1.29 is 33.0 Å². The van der Waals surface area contributed by atoms with Gasteiger partial charge in [0.15, 0.2) is 5.65 Å². The molecule has 6 aromatic heterocycles. The van der Waals surface area contributed by atoms with Crippen molar-refractivity contribution in [1.82, 2.24) is 59.5 Å². The molecule has 25 heteroatoms. The second kappa shape index (κ2) is 23.0. The van der Waals surface area contributed by atoms with Crippen LogP contribution >= 0.6 is 0 Å². The molecule has 25 nitrogen and oxygen atoms in total. The Kier molecular flexibility index (Phi) is 15.8. The summed E-state index contributed by atoms with van der Waals surface area (Å²) in [6.07, 6.45) is 9.03. The molecule has 0 bridgehead atoms. The zero-order valence-corrected chi connectivity index (χ0v) is 40.1. The zero-order chi connectivity index (χ0) is 50.0. The monoisotopic (exact) mass is 986 g/mol. The lowest BCUT2D eigenvalue weighted by atomic mass is 9.97. The Morgan fingerprint density at radius 3 is 2.14 bits per heavy atom. The molecule has 8 N–H and O–H groups in total. The molecule has 1 aromatic carbocycles. The molecule has 1 saturated heterocycles. The first-order valence-electron chi connectivity index (χ1n) is 23.7. The smallest absolute Gasteiger partial charge is 0.294 e. The number of likely N-dealkylation sites (N-methyl/N-ethyl adjacent to an activating group) is 1. The average Bonchev–Trinajstić information content (AvgIpc) is 3.97. The highest BCUT2D eigenvalue weighted by molar-refractivity contribution is 5.99. The Hall–Kier alpha value is -7.71. The highest BCUT2D eigenvalue weighted by Gasteiger charge is 2.25. The number of nitrogens with zero attached hydrogens (tertiary/aromatic N) is 14. The standard InChI is InChI=1S/C47H58N18O7/c1-61(44(67)35-26-55-47(59-40(35)49)63-9-7-62(8-10-63)46-53-23-31(22-48)24-54-46)11-13-69-15-17-71-19-18-70-16-14-68-12-5-37(66)64-6-4-32-20-30(2-3-33(32)28-64)27-65-42-38(41(50)56-29-57-42)39(60-65)34-21-36-43(52-25-34)72-45(51)58-36/h2-3,20-21,23-26,29H,4-19,22,27-28,48H2,1H3,(H2,51,58)(H2,49,55,59)(H2,50,56,57). The summed E-state index contributed by atoms with van der Waals surface area (Å²) in [4.78, 5) is 68.7. The Bertz CT molecular complexity index is 2980. The number of rotatable bonds is 22. The van der Waals surface area contributed by atoms with Gasteiger partial charge in [-0.05, 0) is 29.2 Å². The fraction of sp³-hybridized carbons (Fsp3) is 0.426. The summed E-state index contributed by atoms with van der Waals surface area (Å²) in [7, 11) is 1.68. The fourth-order valence-electron chi connectivity index (χ4n) is 8.42. The van der Waals surface area contributed by atoms with Gasteiger partial charge in [0.25, 0.3) is 11.9 Å². The van der Waals surface area contributed by atoms with Crippen molar-refractivity contribution in [2.24, 2.45) is 5.73 Å². The maximum absolute atomic E-state index is 13.1. The van der Waals surface area contributed by atoms with E-state index in [0.717, 1.165) is 23.1 Å². The van der Waals surface area contributed by atoms with Gasteiger partial charge in [-0.25, -0.2) is 34.6 Å². The van der Waals surface area contributed by atoms with Gasteiger partial charge < -0.3 is 65.9 Å². The van der Waals surface area contributed by atoms with E-state index in [1.54, 1.807) is 36.4 Å². The molecule has 0 spiro atoms. The van der Waals surface area contributed by atoms with Crippen molar-refractivity contribution >= 4 is 63.6 Å².